The number of piperidine rings is 6. The maximum absolute atomic E-state index is 12.6. The van der Waals surface area contributed by atoms with Crippen LogP contribution in [0.2, 0.25) is 0 Å². The quantitative estimate of drug-likeness (QED) is 0.0241. The zero-order chi connectivity index (χ0) is 104. The van der Waals surface area contributed by atoms with Crippen molar-refractivity contribution in [1.82, 2.24) is 29.8 Å². The average Bonchev–Trinajstić information content (AvgIpc) is 1.62. The van der Waals surface area contributed by atoms with Gasteiger partial charge in [0.05, 0.1) is 32.4 Å². The molecule has 0 atom stereocenters. The lowest BCUT2D eigenvalue weighted by Crippen LogP contribution is -2.50. The molecule has 0 aliphatic carbocycles. The van der Waals surface area contributed by atoms with Crippen LogP contribution in [-0.2, 0) is 74.5 Å². The molecule has 16 rings (SSSR count). The van der Waals surface area contributed by atoms with Gasteiger partial charge in [-0.05, 0) is 358 Å². The lowest BCUT2D eigenvalue weighted by atomic mass is 9.93. The van der Waals surface area contributed by atoms with Crippen LogP contribution in [0.3, 0.4) is 0 Å². The fourth-order valence-electron chi connectivity index (χ4n) is 20.5. The highest BCUT2D eigenvalue weighted by atomic mass is 32.2. The number of furan rings is 1. The van der Waals surface area contributed by atoms with E-state index in [0.717, 1.165) is 220 Å². The van der Waals surface area contributed by atoms with E-state index in [-0.39, 0.29) is 49.3 Å². The highest BCUT2D eigenvalue weighted by molar-refractivity contribution is 7.91. The van der Waals surface area contributed by atoms with Crippen molar-refractivity contribution in [3.05, 3.63) is 243 Å². The average molecular weight is 2090 g/mol. The summed E-state index contributed by atoms with van der Waals surface area (Å²) in [6.45, 7) is 27.4. The first-order chi connectivity index (χ1) is 70.5. The van der Waals surface area contributed by atoms with Gasteiger partial charge in [-0.2, -0.15) is 0 Å². The Morgan fingerprint density at radius 3 is 0.898 bits per heavy atom. The molecule has 0 spiro atoms. The molecule has 8 heterocycles. The van der Waals surface area contributed by atoms with Crippen LogP contribution in [0.1, 0.15) is 142 Å². The van der Waals surface area contributed by atoms with Gasteiger partial charge in [0.25, 0.3) is 0 Å². The molecule has 0 unspecified atom stereocenters. The molecule has 1 aromatic heterocycles. The Bertz CT molecular complexity index is 5850. The fraction of sp³-hybridized carbons (Fsp3) is 0.496. The molecule has 0 bridgehead atoms. The number of anilines is 8. The van der Waals surface area contributed by atoms with E-state index in [1.54, 1.807) is 54.8 Å². The Labute approximate surface area is 872 Å². The molecule has 7 saturated heterocycles. The molecule has 34 heteroatoms. The first-order valence-corrected chi connectivity index (χ1v) is 59.9. The zero-order valence-electron chi connectivity index (χ0n) is 86.7. The number of carbonyl (C=O) groups excluding carboxylic acids is 5. The number of nitrogens with one attached hydrogen (secondary N) is 5. The number of benzene rings is 8. The fourth-order valence-corrected chi connectivity index (χ4v) is 23.0. The monoisotopic (exact) mass is 2090 g/mol. The van der Waals surface area contributed by atoms with E-state index in [1.165, 1.54) is 109 Å². The van der Waals surface area contributed by atoms with E-state index < -0.39 is 45.0 Å². The summed E-state index contributed by atoms with van der Waals surface area (Å²) in [4.78, 5) is 85.6. The number of ether oxygens (including phenoxy) is 2. The van der Waals surface area contributed by atoms with E-state index in [2.05, 4.69) is 175 Å². The Morgan fingerprint density at radius 2 is 0.619 bits per heavy atom. The number of likely N-dealkylation sites (tertiary alicyclic amines) is 5. The van der Waals surface area contributed by atoms with Gasteiger partial charge in [-0.15, -0.1) is 0 Å². The highest BCUT2D eigenvalue weighted by Crippen LogP contribution is 2.33. The molecule has 8 aromatic carbocycles. The van der Waals surface area contributed by atoms with Gasteiger partial charge < -0.3 is 84.6 Å². The van der Waals surface area contributed by atoms with E-state index in [0.29, 0.717) is 103 Å². The van der Waals surface area contributed by atoms with Crippen molar-refractivity contribution in [3.8, 4) is 0 Å². The van der Waals surface area contributed by atoms with Crippen molar-refractivity contribution >= 4 is 115 Å². The first kappa shape index (κ1) is 113. The molecule has 147 heavy (non-hydrogen) atoms. The molecule has 0 radical (unpaired) electrons. The predicted molar refractivity (Wildman–Crippen MR) is 586 cm³/mol. The Hall–Kier alpha value is -11.1. The predicted octanol–water partition coefficient (Wildman–Crippen LogP) is 16.7. The second-order valence-electron chi connectivity index (χ2n) is 41.3. The van der Waals surface area contributed by atoms with Crippen molar-refractivity contribution < 1.29 is 71.5 Å². The number of hydrogen-bond donors (Lipinski definition) is 5. The standard InChI is InChI=1S/C32H46N4O5S.C27H38N4O3S.C27H33N3O4S.C27H37N3O4S/c1-32(2,3)41-31(38)35-20-16-28(17-21-35)36(27-8-6-5-7-9-27)23-22-34-18-14-25(15-19-34)24-30(37)33-26-10-12-29(13-11-26)42(4,39)40;1-35(33,34)26-9-7-23(8-10-26)29-27(32)21-22-13-17-30(18-14-22)19-20-31(24-5-3-2-4-6-24)25-11-15-28-16-12-25;1-35(32,33)26-11-9-23(10-12-26)28-27(31)20-22-13-15-29(16-14-22)17-18-30(21-25-8-5-19-34-25)24-6-3-2-4-7-24;1-35(32,33)26-9-7-23(8-10-26)28-27(31)21-22-11-15-29(16-12-22)17-18-30(24-5-3-2-4-6-24)25-13-19-34-20-14-25/h5-13,25,28H,14-24H2,1-4H3,(H,33,37);2-10,22,25,28H,11-21H2,1H3,(H,29,32);2-12,19,22H,13-18,20-21H2,1H3,(H,28,31);2-10,22,25H,11-21H2,1H3,(H,28,31). The number of nitrogens with zero attached hydrogens (tertiary/aromatic N) is 9. The van der Waals surface area contributed by atoms with Crippen molar-refractivity contribution in [2.75, 3.05) is 210 Å². The third kappa shape index (κ3) is 37.9. The van der Waals surface area contributed by atoms with Crippen LogP contribution in [0.25, 0.3) is 0 Å². The first-order valence-electron chi connectivity index (χ1n) is 52.3. The number of rotatable bonds is 37. The zero-order valence-corrected chi connectivity index (χ0v) is 90.0. The molecule has 30 nitrogen and oxygen atoms in total. The number of amides is 5. The number of carbonyl (C=O) groups is 5. The molecular weight excluding hydrogens is 1940 g/mol. The SMILES string of the molecule is CC(C)(C)OC(=O)N1CCC(N(CCN2CCC(CC(=O)Nc3ccc(S(C)(=O)=O)cc3)CC2)c2ccccc2)CC1.CS(=O)(=O)c1ccc(NC(=O)CC2CCN(CCN(Cc3ccco3)c3ccccc3)CC2)cc1.CS(=O)(=O)c1ccc(NC(=O)CC2CCN(CCN(c3ccccc3)C3CCNCC3)CC2)cc1.CS(=O)(=O)c1ccc(NC(=O)CC2CCN(CCN(c3ccccc3)C3CCOCC3)CC2)cc1. The second-order valence-corrected chi connectivity index (χ2v) is 49.3. The molecule has 7 aliphatic heterocycles. The minimum Gasteiger partial charge on any atom is -0.467 e. The molecule has 796 valence electrons. The lowest BCUT2D eigenvalue weighted by molar-refractivity contribution is -0.118. The summed E-state index contributed by atoms with van der Waals surface area (Å²) < 4.78 is 110. The summed E-state index contributed by atoms with van der Waals surface area (Å²) in [5.74, 6) is 2.33. The molecular formula is C113H154N14O16S4. The van der Waals surface area contributed by atoms with Crippen LogP contribution in [0.4, 0.5) is 50.3 Å². The van der Waals surface area contributed by atoms with Crippen molar-refractivity contribution in [3.63, 3.8) is 0 Å². The summed E-state index contributed by atoms with van der Waals surface area (Å²) >= 11 is 0. The Balaban J connectivity index is 0.000000164. The maximum atomic E-state index is 12.6. The van der Waals surface area contributed by atoms with Gasteiger partial charge in [0.15, 0.2) is 39.3 Å². The smallest absolute Gasteiger partial charge is 0.410 e. The van der Waals surface area contributed by atoms with Gasteiger partial charge in [0.2, 0.25) is 23.6 Å². The highest BCUT2D eigenvalue weighted by Gasteiger charge is 2.34. The molecule has 0 saturated carbocycles. The second kappa shape index (κ2) is 55.5. The summed E-state index contributed by atoms with van der Waals surface area (Å²) in [6.07, 6.45) is 22.5. The van der Waals surface area contributed by atoms with Gasteiger partial charge >= 0.3 is 6.09 Å². The summed E-state index contributed by atoms with van der Waals surface area (Å²) in [7, 11) is -13.0. The van der Waals surface area contributed by atoms with Gasteiger partial charge in [-0.25, -0.2) is 38.5 Å². The van der Waals surface area contributed by atoms with Crippen LogP contribution in [0, 0.1) is 23.7 Å². The largest absolute Gasteiger partial charge is 0.467 e. The van der Waals surface area contributed by atoms with Crippen LogP contribution >= 0.6 is 0 Å². The lowest BCUT2D eigenvalue weighted by Gasteiger charge is -2.41. The van der Waals surface area contributed by atoms with E-state index in [4.69, 9.17) is 13.9 Å². The van der Waals surface area contributed by atoms with Crippen LogP contribution in [0.15, 0.2) is 261 Å². The number of hydrogen-bond acceptors (Lipinski definition) is 25. The molecule has 7 aliphatic rings. The summed E-state index contributed by atoms with van der Waals surface area (Å²) in [6, 6.07) is 73.1. The van der Waals surface area contributed by atoms with Gasteiger partial charge in [0, 0.05) is 193 Å². The third-order valence-corrected chi connectivity index (χ3v) is 33.4. The van der Waals surface area contributed by atoms with E-state index >= 15 is 0 Å². The minimum atomic E-state index is -3.26. The van der Waals surface area contributed by atoms with E-state index in [9.17, 15) is 57.6 Å². The molecule has 7 fully saturated rings. The van der Waals surface area contributed by atoms with Crippen LogP contribution in [0.5, 0.6) is 0 Å². The maximum Gasteiger partial charge on any atom is 0.410 e. The molecule has 5 amide bonds. The third-order valence-electron chi connectivity index (χ3n) is 28.9. The van der Waals surface area contributed by atoms with Crippen molar-refractivity contribution in [1.29, 1.82) is 0 Å². The number of para-hydroxylation sites is 4. The van der Waals surface area contributed by atoms with Crippen molar-refractivity contribution in [2.45, 2.75) is 186 Å². The van der Waals surface area contributed by atoms with Gasteiger partial charge in [-0.3, -0.25) is 19.2 Å². The van der Waals surface area contributed by atoms with Crippen LogP contribution in [-0.4, -0.2) is 281 Å². The summed E-state index contributed by atoms with van der Waals surface area (Å²) in [5.41, 5.74) is 7.01. The van der Waals surface area contributed by atoms with Crippen molar-refractivity contribution in [2.24, 2.45) is 23.7 Å². The Kier molecular flexibility index (Phi) is 42.7. The molecule has 9 aromatic rings. The van der Waals surface area contributed by atoms with Gasteiger partial charge in [0.1, 0.15) is 11.4 Å². The van der Waals surface area contributed by atoms with E-state index in [1.807, 2.05) is 49.9 Å². The minimum absolute atomic E-state index is 0.00304. The number of sulfone groups is 4. The van der Waals surface area contributed by atoms with Crippen LogP contribution < -0.4 is 46.2 Å². The normalized spacial score (nSPS) is 17.3. The summed E-state index contributed by atoms with van der Waals surface area (Å²) in [5, 5.41) is 15.1. The molecule has 5 N–H and O–H groups in total. The Morgan fingerprint density at radius 1 is 0.340 bits per heavy atom. The van der Waals surface area contributed by atoms with Gasteiger partial charge in [-0.1, -0.05) is 72.8 Å². The topological polar surface area (TPSA) is 343 Å².